The van der Waals surface area contributed by atoms with Crippen LogP contribution in [0.3, 0.4) is 0 Å². The molecule has 0 aromatic heterocycles. The normalized spacial score (nSPS) is 15.6. The van der Waals surface area contributed by atoms with Crippen LogP contribution >= 0.6 is 24.0 Å². The van der Waals surface area contributed by atoms with Gasteiger partial charge in [-0.25, -0.2) is 4.39 Å². The molecule has 0 bridgehead atoms. The number of hydrogen-bond acceptors (Lipinski definition) is 4. The minimum Gasteiger partial charge on any atom is -0.324 e. The van der Waals surface area contributed by atoms with Crippen LogP contribution in [0.4, 0.5) is 10.1 Å². The van der Waals surface area contributed by atoms with Gasteiger partial charge in [0.1, 0.15) is 16.7 Å². The summed E-state index contributed by atoms with van der Waals surface area (Å²) in [6.07, 6.45) is 1.64. The third-order valence-electron chi connectivity index (χ3n) is 3.76. The zero-order valence-electron chi connectivity index (χ0n) is 13.9. The van der Waals surface area contributed by atoms with Crippen LogP contribution in [-0.4, -0.2) is 27.6 Å². The van der Waals surface area contributed by atoms with E-state index < -0.39 is 0 Å². The Morgan fingerprint density at radius 2 is 1.92 bits per heavy atom. The van der Waals surface area contributed by atoms with Crippen LogP contribution in [0.5, 0.6) is 0 Å². The lowest BCUT2D eigenvalue weighted by atomic mass is 10.2. The largest absolute Gasteiger partial charge is 0.324 e. The number of thioether (sulfide) groups is 1. The molecule has 0 spiro atoms. The fourth-order valence-corrected chi connectivity index (χ4v) is 3.65. The molecule has 26 heavy (non-hydrogen) atoms. The fourth-order valence-electron chi connectivity index (χ4n) is 2.39. The summed E-state index contributed by atoms with van der Waals surface area (Å²) in [5.74, 6) is -0.995. The number of aryl methyl sites for hydroxylation is 1. The predicted molar refractivity (Wildman–Crippen MR) is 106 cm³/mol. The van der Waals surface area contributed by atoms with Gasteiger partial charge in [-0.2, -0.15) is 0 Å². The van der Waals surface area contributed by atoms with Gasteiger partial charge >= 0.3 is 0 Å². The first-order valence-electron chi connectivity index (χ1n) is 7.80. The summed E-state index contributed by atoms with van der Waals surface area (Å²) in [5, 5.41) is 2.79. The number of carbonyl (C=O) groups excluding carboxylic acids is 2. The quantitative estimate of drug-likeness (QED) is 0.638. The van der Waals surface area contributed by atoms with E-state index in [-0.39, 0.29) is 24.2 Å². The Morgan fingerprint density at radius 1 is 1.23 bits per heavy atom. The summed E-state index contributed by atoms with van der Waals surface area (Å²) in [6, 6.07) is 13.2. The summed E-state index contributed by atoms with van der Waals surface area (Å²) < 4.78 is 13.3. The van der Waals surface area contributed by atoms with Crippen molar-refractivity contribution >= 4 is 51.9 Å². The molecule has 1 heterocycles. The van der Waals surface area contributed by atoms with Gasteiger partial charge in [0.05, 0.1) is 4.91 Å². The van der Waals surface area contributed by atoms with E-state index in [1.165, 1.54) is 17.0 Å². The van der Waals surface area contributed by atoms with E-state index in [1.807, 2.05) is 25.1 Å². The number of para-hydroxylation sites is 1. The second-order valence-corrected chi connectivity index (χ2v) is 7.36. The molecular formula is C19H15FN2O2S2. The maximum atomic E-state index is 13.0. The van der Waals surface area contributed by atoms with E-state index in [4.69, 9.17) is 12.2 Å². The van der Waals surface area contributed by atoms with Crippen molar-refractivity contribution in [2.45, 2.75) is 6.92 Å². The summed E-state index contributed by atoms with van der Waals surface area (Å²) in [5.41, 5.74) is 2.32. The molecule has 1 aliphatic rings. The van der Waals surface area contributed by atoms with Gasteiger partial charge in [0, 0.05) is 5.69 Å². The Hall–Kier alpha value is -2.51. The minimum atomic E-state index is -0.345. The number of nitrogens with zero attached hydrogens (tertiary/aromatic N) is 1. The van der Waals surface area contributed by atoms with Crippen molar-refractivity contribution in [1.29, 1.82) is 0 Å². The highest BCUT2D eigenvalue weighted by molar-refractivity contribution is 8.26. The number of halogens is 1. The van der Waals surface area contributed by atoms with Crippen molar-refractivity contribution in [2.24, 2.45) is 0 Å². The van der Waals surface area contributed by atoms with Crippen molar-refractivity contribution in [3.8, 4) is 0 Å². The first kappa shape index (κ1) is 18.3. The molecule has 2 aromatic carbocycles. The molecular weight excluding hydrogens is 371 g/mol. The summed E-state index contributed by atoms with van der Waals surface area (Å²) >= 11 is 6.36. The topological polar surface area (TPSA) is 49.4 Å². The molecule has 0 saturated carbocycles. The Kier molecular flexibility index (Phi) is 5.49. The first-order chi connectivity index (χ1) is 12.4. The van der Waals surface area contributed by atoms with Crippen LogP contribution in [0.2, 0.25) is 0 Å². The molecule has 1 saturated heterocycles. The van der Waals surface area contributed by atoms with Gasteiger partial charge in [-0.15, -0.1) is 0 Å². The van der Waals surface area contributed by atoms with Gasteiger partial charge < -0.3 is 5.32 Å². The zero-order valence-corrected chi connectivity index (χ0v) is 15.5. The molecule has 132 valence electrons. The molecule has 4 nitrogen and oxygen atoms in total. The molecule has 3 rings (SSSR count). The smallest absolute Gasteiger partial charge is 0.266 e. The molecule has 1 aliphatic heterocycles. The third kappa shape index (κ3) is 4.17. The average molecular weight is 386 g/mol. The second-order valence-electron chi connectivity index (χ2n) is 5.68. The van der Waals surface area contributed by atoms with E-state index in [1.54, 1.807) is 24.3 Å². The van der Waals surface area contributed by atoms with Crippen molar-refractivity contribution in [1.82, 2.24) is 4.90 Å². The van der Waals surface area contributed by atoms with Gasteiger partial charge in [-0.05, 0) is 42.3 Å². The van der Waals surface area contributed by atoms with Crippen LogP contribution in [0, 0.1) is 12.7 Å². The molecule has 7 heteroatoms. The maximum absolute atomic E-state index is 13.0. The van der Waals surface area contributed by atoms with Crippen molar-refractivity contribution in [3.63, 3.8) is 0 Å². The van der Waals surface area contributed by atoms with Crippen molar-refractivity contribution in [3.05, 3.63) is 70.4 Å². The van der Waals surface area contributed by atoms with Crippen molar-refractivity contribution < 1.29 is 14.0 Å². The van der Waals surface area contributed by atoms with Crippen LogP contribution < -0.4 is 5.32 Å². The number of thiocarbonyl (C=S) groups is 1. The van der Waals surface area contributed by atoms with Gasteiger partial charge in [0.2, 0.25) is 5.91 Å². The molecule has 0 atom stereocenters. The van der Waals surface area contributed by atoms with Crippen molar-refractivity contribution in [2.75, 3.05) is 11.9 Å². The number of rotatable bonds is 4. The Bertz CT molecular complexity index is 910. The van der Waals surface area contributed by atoms with E-state index in [0.717, 1.165) is 17.3 Å². The number of anilines is 1. The Morgan fingerprint density at radius 3 is 2.62 bits per heavy atom. The highest BCUT2D eigenvalue weighted by Gasteiger charge is 2.33. The lowest BCUT2D eigenvalue weighted by Crippen LogP contribution is -2.36. The highest BCUT2D eigenvalue weighted by atomic mass is 32.2. The van der Waals surface area contributed by atoms with Crippen LogP contribution in [0.1, 0.15) is 11.1 Å². The lowest BCUT2D eigenvalue weighted by molar-refractivity contribution is -0.126. The minimum absolute atomic E-state index is 0.153. The molecule has 1 N–H and O–H groups in total. The average Bonchev–Trinajstić information content (AvgIpc) is 2.86. The first-order valence-corrected chi connectivity index (χ1v) is 9.03. The van der Waals surface area contributed by atoms with Gasteiger partial charge in [-0.3, -0.25) is 14.5 Å². The van der Waals surface area contributed by atoms with Gasteiger partial charge in [-0.1, -0.05) is 54.3 Å². The number of carbonyl (C=O) groups is 2. The third-order valence-corrected chi connectivity index (χ3v) is 5.14. The molecule has 0 radical (unpaired) electrons. The fraction of sp³-hybridized carbons (Fsp3) is 0.105. The monoisotopic (exact) mass is 386 g/mol. The van der Waals surface area contributed by atoms with Crippen LogP contribution in [0.25, 0.3) is 6.08 Å². The number of hydrogen-bond donors (Lipinski definition) is 1. The maximum Gasteiger partial charge on any atom is 0.266 e. The van der Waals surface area contributed by atoms with E-state index in [0.29, 0.717) is 20.5 Å². The van der Waals surface area contributed by atoms with Gasteiger partial charge in [0.15, 0.2) is 0 Å². The molecule has 1 fully saturated rings. The SMILES string of the molecule is Cc1ccccc1NC(=O)CN1C(=O)/C(=C/c2ccc(F)cc2)SC1=S. The van der Waals surface area contributed by atoms with E-state index in [9.17, 15) is 14.0 Å². The second kappa shape index (κ2) is 7.80. The Balaban J connectivity index is 1.70. The summed E-state index contributed by atoms with van der Waals surface area (Å²) in [4.78, 5) is 26.5. The molecule has 0 unspecified atom stereocenters. The van der Waals surface area contributed by atoms with E-state index in [2.05, 4.69) is 5.32 Å². The zero-order chi connectivity index (χ0) is 18.7. The number of nitrogens with one attached hydrogen (secondary N) is 1. The molecule has 2 amide bonds. The van der Waals surface area contributed by atoms with Crippen LogP contribution in [0.15, 0.2) is 53.4 Å². The summed E-state index contributed by atoms with van der Waals surface area (Å²) in [7, 11) is 0. The van der Waals surface area contributed by atoms with Gasteiger partial charge in [0.25, 0.3) is 5.91 Å². The van der Waals surface area contributed by atoms with E-state index >= 15 is 0 Å². The summed E-state index contributed by atoms with van der Waals surface area (Å²) in [6.45, 7) is 1.74. The highest BCUT2D eigenvalue weighted by Crippen LogP contribution is 2.32. The number of benzene rings is 2. The molecule has 2 aromatic rings. The predicted octanol–water partition coefficient (Wildman–Crippen LogP) is 3.97. The Labute approximate surface area is 160 Å². The lowest BCUT2D eigenvalue weighted by Gasteiger charge is -2.15. The number of amides is 2. The standard InChI is InChI=1S/C19H15FN2O2S2/c1-12-4-2-3-5-15(12)21-17(23)11-22-18(24)16(26-19(22)25)10-13-6-8-14(20)9-7-13/h2-10H,11H2,1H3,(H,21,23)/b16-10-. The van der Waals surface area contributed by atoms with Crippen LogP contribution in [-0.2, 0) is 9.59 Å². The molecule has 0 aliphatic carbocycles.